The van der Waals surface area contributed by atoms with Crippen molar-refractivity contribution < 1.29 is 13.7 Å². The number of hydrogen-bond acceptors (Lipinski definition) is 7. The lowest BCUT2D eigenvalue weighted by atomic mass is 9.83. The topological polar surface area (TPSA) is 72.5 Å². The molecular formula is C30H38N4O3S. The van der Waals surface area contributed by atoms with Crippen LogP contribution >= 0.6 is 12.0 Å². The monoisotopic (exact) mass is 534 g/mol. The molecule has 0 aliphatic heterocycles. The van der Waals surface area contributed by atoms with Gasteiger partial charge in [0.15, 0.2) is 0 Å². The minimum atomic E-state index is 0.00103. The number of nitrogens with zero attached hydrogens (tertiary/aromatic N) is 3. The van der Waals surface area contributed by atoms with E-state index in [0.29, 0.717) is 6.61 Å². The average Bonchev–Trinajstić information content (AvgIpc) is 3.44. The van der Waals surface area contributed by atoms with Gasteiger partial charge in [-0.3, -0.25) is 4.98 Å². The molecule has 2 aromatic heterocycles. The number of aromatic amines is 1. The SMILES string of the molecule is COc1cc(OC)cc(N(CCCOSC(C)(C)C(C)(C)C)c2ccc3ncc(-c4cc[nH]c4)nc3c2)c1. The maximum absolute atomic E-state index is 6.08. The number of rotatable bonds is 11. The summed E-state index contributed by atoms with van der Waals surface area (Å²) in [5, 5.41) is 0. The van der Waals surface area contributed by atoms with E-state index in [2.05, 4.69) is 61.6 Å². The summed E-state index contributed by atoms with van der Waals surface area (Å²) >= 11 is 1.56. The molecule has 0 bridgehead atoms. The second kappa shape index (κ2) is 11.7. The molecule has 0 amide bonds. The van der Waals surface area contributed by atoms with Gasteiger partial charge in [-0.1, -0.05) is 20.8 Å². The van der Waals surface area contributed by atoms with Crippen molar-refractivity contribution in [1.29, 1.82) is 0 Å². The summed E-state index contributed by atoms with van der Waals surface area (Å²) in [4.78, 5) is 14.9. The Balaban J connectivity index is 1.62. The van der Waals surface area contributed by atoms with Gasteiger partial charge in [0.25, 0.3) is 0 Å². The Morgan fingerprint density at radius 1 is 0.895 bits per heavy atom. The first kappa shape index (κ1) is 27.8. The lowest BCUT2D eigenvalue weighted by molar-refractivity contribution is 0.288. The molecule has 0 radical (unpaired) electrons. The number of aromatic nitrogens is 3. The number of anilines is 2. The highest BCUT2D eigenvalue weighted by molar-refractivity contribution is 7.96. The van der Waals surface area contributed by atoms with E-state index in [1.54, 1.807) is 26.3 Å². The first-order chi connectivity index (χ1) is 18.1. The van der Waals surface area contributed by atoms with Crippen LogP contribution in [0.2, 0.25) is 0 Å². The van der Waals surface area contributed by atoms with Crippen LogP contribution in [-0.4, -0.2) is 47.1 Å². The van der Waals surface area contributed by atoms with Gasteiger partial charge in [-0.15, -0.1) is 0 Å². The largest absolute Gasteiger partial charge is 0.497 e. The molecule has 4 aromatic rings. The van der Waals surface area contributed by atoms with Gasteiger partial charge >= 0.3 is 0 Å². The first-order valence-electron chi connectivity index (χ1n) is 12.8. The molecule has 0 unspecified atom stereocenters. The molecule has 0 saturated heterocycles. The Kier molecular flexibility index (Phi) is 8.53. The fourth-order valence-corrected chi connectivity index (χ4v) is 4.49. The van der Waals surface area contributed by atoms with Crippen molar-refractivity contribution in [3.05, 3.63) is 61.1 Å². The summed E-state index contributed by atoms with van der Waals surface area (Å²) in [6, 6.07) is 14.1. The van der Waals surface area contributed by atoms with Crippen LogP contribution in [0.4, 0.5) is 11.4 Å². The summed E-state index contributed by atoms with van der Waals surface area (Å²) in [7, 11) is 3.33. The minimum absolute atomic E-state index is 0.00103. The first-order valence-corrected chi connectivity index (χ1v) is 13.6. The highest BCUT2D eigenvalue weighted by atomic mass is 32.2. The molecule has 0 spiro atoms. The Morgan fingerprint density at radius 3 is 2.26 bits per heavy atom. The highest BCUT2D eigenvalue weighted by Gasteiger charge is 2.34. The van der Waals surface area contributed by atoms with Crippen LogP contribution in [-0.2, 0) is 4.18 Å². The molecule has 7 nitrogen and oxygen atoms in total. The van der Waals surface area contributed by atoms with Crippen molar-refractivity contribution in [3.8, 4) is 22.8 Å². The Labute approximate surface area is 230 Å². The zero-order valence-corrected chi connectivity index (χ0v) is 24.2. The van der Waals surface area contributed by atoms with E-state index in [-0.39, 0.29) is 10.2 Å². The lowest BCUT2D eigenvalue weighted by Gasteiger charge is -2.37. The predicted octanol–water partition coefficient (Wildman–Crippen LogP) is 7.66. The number of H-pyrrole nitrogens is 1. The van der Waals surface area contributed by atoms with Crippen LogP contribution in [0.1, 0.15) is 41.0 Å². The molecule has 0 fully saturated rings. The van der Waals surface area contributed by atoms with E-state index in [4.69, 9.17) is 18.6 Å². The third-order valence-corrected chi connectivity index (χ3v) is 8.38. The van der Waals surface area contributed by atoms with Crippen LogP contribution in [0.3, 0.4) is 0 Å². The Hall–Kier alpha value is -3.23. The van der Waals surface area contributed by atoms with Crippen LogP contribution in [0.25, 0.3) is 22.3 Å². The second-order valence-electron chi connectivity index (χ2n) is 10.8. The summed E-state index contributed by atoms with van der Waals surface area (Å²) in [6.45, 7) is 12.5. The molecule has 0 aliphatic carbocycles. The van der Waals surface area contributed by atoms with Gasteiger partial charge in [-0.05, 0) is 62.0 Å². The van der Waals surface area contributed by atoms with E-state index in [1.165, 1.54) is 0 Å². The summed E-state index contributed by atoms with van der Waals surface area (Å²) < 4.78 is 17.2. The third-order valence-electron chi connectivity index (χ3n) is 7.06. The normalized spacial score (nSPS) is 12.1. The van der Waals surface area contributed by atoms with Crippen molar-refractivity contribution in [2.75, 3.05) is 32.3 Å². The van der Waals surface area contributed by atoms with E-state index in [0.717, 1.165) is 58.1 Å². The fourth-order valence-electron chi connectivity index (χ4n) is 3.74. The van der Waals surface area contributed by atoms with Crippen LogP contribution < -0.4 is 14.4 Å². The number of ether oxygens (including phenoxy) is 2. The number of methoxy groups -OCH3 is 2. The Morgan fingerprint density at radius 2 is 1.63 bits per heavy atom. The standard InChI is InChI=1S/C30H38N4O3S/c1-29(2,3)30(4,5)38-37-14-8-13-34(23-15-24(35-6)18-25(16-23)36-7)22-9-10-26-27(17-22)33-28(20-32-26)21-11-12-31-19-21/h9-12,15-20,31H,8,13-14H2,1-7H3. The maximum Gasteiger partial charge on any atom is 0.124 e. The molecule has 2 heterocycles. The molecule has 8 heteroatoms. The lowest BCUT2D eigenvalue weighted by Crippen LogP contribution is -2.33. The van der Waals surface area contributed by atoms with Gasteiger partial charge in [-0.25, -0.2) is 4.98 Å². The summed E-state index contributed by atoms with van der Waals surface area (Å²) in [6.07, 6.45) is 6.45. The maximum atomic E-state index is 6.08. The number of fused-ring (bicyclic) bond motifs is 1. The van der Waals surface area contributed by atoms with Crippen molar-refractivity contribution in [2.45, 2.75) is 45.8 Å². The molecule has 0 atom stereocenters. The fraction of sp³-hybridized carbons (Fsp3) is 0.400. The van der Waals surface area contributed by atoms with Crippen molar-refractivity contribution in [2.24, 2.45) is 5.41 Å². The molecule has 202 valence electrons. The van der Waals surface area contributed by atoms with Gasteiger partial charge in [0, 0.05) is 58.8 Å². The van der Waals surface area contributed by atoms with Gasteiger partial charge in [0.2, 0.25) is 0 Å². The molecular weight excluding hydrogens is 496 g/mol. The van der Waals surface area contributed by atoms with E-state index >= 15 is 0 Å². The number of nitrogens with one attached hydrogen (secondary N) is 1. The average molecular weight is 535 g/mol. The molecule has 4 rings (SSSR count). The molecule has 2 aromatic carbocycles. The van der Waals surface area contributed by atoms with Crippen LogP contribution in [0.5, 0.6) is 11.5 Å². The van der Waals surface area contributed by atoms with E-state index in [1.807, 2.05) is 48.9 Å². The minimum Gasteiger partial charge on any atom is -0.497 e. The Bertz CT molecular complexity index is 1330. The van der Waals surface area contributed by atoms with Crippen LogP contribution in [0, 0.1) is 5.41 Å². The van der Waals surface area contributed by atoms with Crippen molar-refractivity contribution >= 4 is 34.5 Å². The van der Waals surface area contributed by atoms with Crippen molar-refractivity contribution in [1.82, 2.24) is 15.0 Å². The quantitative estimate of drug-likeness (QED) is 0.156. The number of benzene rings is 2. The third kappa shape index (κ3) is 6.42. The van der Waals surface area contributed by atoms with E-state index < -0.39 is 0 Å². The van der Waals surface area contributed by atoms with Gasteiger partial charge < -0.3 is 23.5 Å². The van der Waals surface area contributed by atoms with Gasteiger partial charge in [0.05, 0.1) is 43.8 Å². The molecule has 38 heavy (non-hydrogen) atoms. The smallest absolute Gasteiger partial charge is 0.124 e. The van der Waals surface area contributed by atoms with Crippen LogP contribution in [0.15, 0.2) is 61.1 Å². The molecule has 0 saturated carbocycles. The number of hydrogen-bond donors (Lipinski definition) is 1. The highest BCUT2D eigenvalue weighted by Crippen LogP contribution is 2.42. The molecule has 1 N–H and O–H groups in total. The second-order valence-corrected chi connectivity index (χ2v) is 12.2. The van der Waals surface area contributed by atoms with Crippen molar-refractivity contribution in [3.63, 3.8) is 0 Å². The zero-order valence-electron chi connectivity index (χ0n) is 23.4. The summed E-state index contributed by atoms with van der Waals surface area (Å²) in [5.74, 6) is 1.47. The van der Waals surface area contributed by atoms with E-state index in [9.17, 15) is 0 Å². The molecule has 0 aliphatic rings. The van der Waals surface area contributed by atoms with Gasteiger partial charge in [-0.2, -0.15) is 0 Å². The predicted molar refractivity (Wildman–Crippen MR) is 158 cm³/mol. The summed E-state index contributed by atoms with van der Waals surface area (Å²) in [5.41, 5.74) is 5.63. The van der Waals surface area contributed by atoms with Gasteiger partial charge in [0.1, 0.15) is 11.5 Å². The zero-order chi connectivity index (χ0) is 27.3.